The van der Waals surface area contributed by atoms with Crippen LogP contribution in [0.15, 0.2) is 16.4 Å². The number of thioether (sulfide) groups is 1. The standard InChI is InChI=1S/C10H9ClN2O2S2/c11-6-3-7(16-5-6)4-8-9(14)13(2-1-12)10(15)17-8/h3-5H,1-2,12H2. The average Bonchev–Trinajstić information content (AvgIpc) is 2.79. The summed E-state index contributed by atoms with van der Waals surface area (Å²) >= 11 is 8.14. The van der Waals surface area contributed by atoms with Gasteiger partial charge in [-0.2, -0.15) is 0 Å². The number of hydrogen-bond acceptors (Lipinski definition) is 5. The maximum Gasteiger partial charge on any atom is 0.293 e. The highest BCUT2D eigenvalue weighted by atomic mass is 35.5. The fraction of sp³-hybridized carbons (Fsp3) is 0.200. The molecule has 1 saturated heterocycles. The molecule has 1 aromatic rings. The van der Waals surface area contributed by atoms with Crippen molar-refractivity contribution in [3.8, 4) is 0 Å². The Morgan fingerprint density at radius 1 is 1.47 bits per heavy atom. The Labute approximate surface area is 111 Å². The molecule has 1 aliphatic heterocycles. The first-order chi connectivity index (χ1) is 8.11. The molecule has 2 rings (SSSR count). The van der Waals surface area contributed by atoms with Crippen molar-refractivity contribution in [1.82, 2.24) is 4.90 Å². The molecule has 90 valence electrons. The van der Waals surface area contributed by atoms with Gasteiger partial charge in [0.2, 0.25) is 0 Å². The minimum atomic E-state index is -0.282. The van der Waals surface area contributed by atoms with Gasteiger partial charge in [0.15, 0.2) is 0 Å². The molecule has 0 atom stereocenters. The molecule has 0 saturated carbocycles. The molecule has 17 heavy (non-hydrogen) atoms. The van der Waals surface area contributed by atoms with Crippen molar-refractivity contribution < 1.29 is 9.59 Å². The highest BCUT2D eigenvalue weighted by molar-refractivity contribution is 8.18. The van der Waals surface area contributed by atoms with Crippen molar-refractivity contribution in [2.45, 2.75) is 0 Å². The average molecular weight is 289 g/mol. The van der Waals surface area contributed by atoms with E-state index in [1.54, 1.807) is 17.5 Å². The van der Waals surface area contributed by atoms with Crippen LogP contribution in [0.1, 0.15) is 4.88 Å². The quantitative estimate of drug-likeness (QED) is 0.868. The lowest BCUT2D eigenvalue weighted by molar-refractivity contribution is -0.122. The number of rotatable bonds is 3. The highest BCUT2D eigenvalue weighted by Gasteiger charge is 2.34. The smallest absolute Gasteiger partial charge is 0.293 e. The molecule has 0 radical (unpaired) electrons. The van der Waals surface area contributed by atoms with Crippen LogP contribution in [0.3, 0.4) is 0 Å². The van der Waals surface area contributed by atoms with Crippen molar-refractivity contribution >= 4 is 51.9 Å². The van der Waals surface area contributed by atoms with Gasteiger partial charge >= 0.3 is 0 Å². The SMILES string of the molecule is NCCN1C(=O)SC(=Cc2cc(Cl)cs2)C1=O. The van der Waals surface area contributed by atoms with Crippen LogP contribution in [0, 0.1) is 0 Å². The van der Waals surface area contributed by atoms with Gasteiger partial charge in [-0.25, -0.2) is 0 Å². The molecule has 7 heteroatoms. The summed E-state index contributed by atoms with van der Waals surface area (Å²) in [5.74, 6) is -0.282. The van der Waals surface area contributed by atoms with E-state index in [1.165, 1.54) is 11.3 Å². The number of hydrogen-bond donors (Lipinski definition) is 1. The third kappa shape index (κ3) is 2.71. The van der Waals surface area contributed by atoms with E-state index >= 15 is 0 Å². The minimum absolute atomic E-state index is 0.257. The van der Waals surface area contributed by atoms with E-state index in [9.17, 15) is 9.59 Å². The molecule has 1 aliphatic rings. The van der Waals surface area contributed by atoms with Crippen molar-refractivity contribution in [2.24, 2.45) is 5.73 Å². The predicted octanol–water partition coefficient (Wildman–Crippen LogP) is 2.40. The van der Waals surface area contributed by atoms with Crippen molar-refractivity contribution in [3.05, 3.63) is 26.3 Å². The maximum atomic E-state index is 11.8. The van der Waals surface area contributed by atoms with Crippen molar-refractivity contribution in [1.29, 1.82) is 0 Å². The van der Waals surface area contributed by atoms with Gasteiger partial charge in [0.25, 0.3) is 11.1 Å². The molecular formula is C10H9ClN2O2S2. The zero-order chi connectivity index (χ0) is 12.4. The van der Waals surface area contributed by atoms with Crippen LogP contribution < -0.4 is 5.73 Å². The predicted molar refractivity (Wildman–Crippen MR) is 71.1 cm³/mol. The number of imide groups is 1. The van der Waals surface area contributed by atoms with Crippen LogP contribution in [0.5, 0.6) is 0 Å². The Morgan fingerprint density at radius 3 is 2.82 bits per heavy atom. The van der Waals surface area contributed by atoms with Gasteiger partial charge in [-0.05, 0) is 23.9 Å². The molecule has 0 bridgehead atoms. The van der Waals surface area contributed by atoms with Crippen molar-refractivity contribution in [2.75, 3.05) is 13.1 Å². The van der Waals surface area contributed by atoms with Crippen LogP contribution in [-0.4, -0.2) is 29.1 Å². The number of nitrogens with zero attached hydrogens (tertiary/aromatic N) is 1. The van der Waals surface area contributed by atoms with Gasteiger partial charge in [-0.3, -0.25) is 14.5 Å². The summed E-state index contributed by atoms with van der Waals surface area (Å²) < 4.78 is 0. The minimum Gasteiger partial charge on any atom is -0.329 e. The zero-order valence-electron chi connectivity index (χ0n) is 8.68. The normalized spacial score (nSPS) is 18.5. The molecule has 4 nitrogen and oxygen atoms in total. The Morgan fingerprint density at radius 2 is 2.24 bits per heavy atom. The van der Waals surface area contributed by atoms with E-state index in [0.29, 0.717) is 9.93 Å². The van der Waals surface area contributed by atoms with Crippen molar-refractivity contribution in [3.63, 3.8) is 0 Å². The van der Waals surface area contributed by atoms with E-state index in [-0.39, 0.29) is 24.2 Å². The Balaban J connectivity index is 2.21. The summed E-state index contributed by atoms with van der Waals surface area (Å²) in [6, 6.07) is 1.75. The van der Waals surface area contributed by atoms with Gasteiger partial charge in [0.1, 0.15) is 0 Å². The third-order valence-corrected chi connectivity index (χ3v) is 4.22. The second-order valence-electron chi connectivity index (χ2n) is 3.29. The summed E-state index contributed by atoms with van der Waals surface area (Å²) in [5, 5.41) is 2.13. The van der Waals surface area contributed by atoms with Crippen LogP contribution in [-0.2, 0) is 4.79 Å². The fourth-order valence-corrected chi connectivity index (χ4v) is 3.30. The van der Waals surface area contributed by atoms with E-state index in [2.05, 4.69) is 0 Å². The first-order valence-corrected chi connectivity index (χ1v) is 6.88. The number of amides is 2. The summed E-state index contributed by atoms with van der Waals surface area (Å²) in [5.41, 5.74) is 5.34. The molecule has 2 N–H and O–H groups in total. The first-order valence-electron chi connectivity index (χ1n) is 4.81. The second kappa shape index (κ2) is 5.22. The molecule has 0 unspecified atom stereocenters. The van der Waals surface area contributed by atoms with Gasteiger partial charge < -0.3 is 5.73 Å². The maximum absolute atomic E-state index is 11.8. The van der Waals surface area contributed by atoms with E-state index < -0.39 is 0 Å². The molecule has 2 heterocycles. The number of thiophene rings is 1. The lowest BCUT2D eigenvalue weighted by atomic mass is 10.3. The van der Waals surface area contributed by atoms with Crippen LogP contribution in [0.4, 0.5) is 4.79 Å². The lowest BCUT2D eigenvalue weighted by Gasteiger charge is -2.09. The molecule has 0 spiro atoms. The Hall–Kier alpha value is -0.820. The third-order valence-electron chi connectivity index (χ3n) is 2.09. The number of carbonyl (C=O) groups is 2. The molecule has 1 fully saturated rings. The largest absolute Gasteiger partial charge is 0.329 e. The van der Waals surface area contributed by atoms with Crippen LogP contribution in [0.2, 0.25) is 5.02 Å². The van der Waals surface area contributed by atoms with Crippen LogP contribution in [0.25, 0.3) is 6.08 Å². The van der Waals surface area contributed by atoms with Gasteiger partial charge in [-0.1, -0.05) is 11.6 Å². The molecule has 2 amide bonds. The van der Waals surface area contributed by atoms with E-state index in [4.69, 9.17) is 17.3 Å². The Bertz CT molecular complexity index is 498. The summed E-state index contributed by atoms with van der Waals surface area (Å²) in [7, 11) is 0. The molecule has 0 aromatic carbocycles. The molecule has 1 aromatic heterocycles. The molecule has 0 aliphatic carbocycles. The fourth-order valence-electron chi connectivity index (χ4n) is 1.36. The second-order valence-corrected chi connectivity index (χ2v) is 5.66. The van der Waals surface area contributed by atoms with E-state index in [1.807, 2.05) is 0 Å². The number of nitrogens with two attached hydrogens (primary N) is 1. The summed E-state index contributed by atoms with van der Waals surface area (Å²) in [4.78, 5) is 25.8. The van der Waals surface area contributed by atoms with Gasteiger partial charge in [0, 0.05) is 23.3 Å². The highest BCUT2D eigenvalue weighted by Crippen LogP contribution is 2.33. The number of halogens is 1. The molecular weight excluding hydrogens is 280 g/mol. The number of carbonyl (C=O) groups excluding carboxylic acids is 2. The topological polar surface area (TPSA) is 63.4 Å². The van der Waals surface area contributed by atoms with Gasteiger partial charge in [-0.15, -0.1) is 11.3 Å². The first kappa shape index (κ1) is 12.6. The van der Waals surface area contributed by atoms with E-state index in [0.717, 1.165) is 21.5 Å². The summed E-state index contributed by atoms with van der Waals surface area (Å²) in [6.07, 6.45) is 1.68. The Kier molecular flexibility index (Phi) is 3.88. The zero-order valence-corrected chi connectivity index (χ0v) is 11.1. The monoisotopic (exact) mass is 288 g/mol. The lowest BCUT2D eigenvalue weighted by Crippen LogP contribution is -2.33. The summed E-state index contributed by atoms with van der Waals surface area (Å²) in [6.45, 7) is 0.531. The van der Waals surface area contributed by atoms with Crippen LogP contribution >= 0.6 is 34.7 Å². The van der Waals surface area contributed by atoms with Gasteiger partial charge in [0.05, 0.1) is 9.93 Å².